The summed E-state index contributed by atoms with van der Waals surface area (Å²) >= 11 is 0. The Balaban J connectivity index is 2.18. The van der Waals surface area contributed by atoms with Gasteiger partial charge in [0.2, 0.25) is 0 Å². The van der Waals surface area contributed by atoms with E-state index in [-0.39, 0.29) is 13.2 Å². The molecule has 9 heteroatoms. The van der Waals surface area contributed by atoms with Crippen LogP contribution < -0.4 is 15.9 Å². The van der Waals surface area contributed by atoms with Gasteiger partial charge in [-0.1, -0.05) is 54.6 Å². The van der Waals surface area contributed by atoms with Crippen LogP contribution in [0.1, 0.15) is 27.7 Å². The van der Waals surface area contributed by atoms with E-state index in [4.69, 9.17) is 18.9 Å². The largest absolute Gasteiger partial charge is 0.480 e. The standard InChI is InChI=1S/C32H33O8P/c1-5-37-28(33)25(26-29(34)39-32(3,4)40-30(26)35)27(31(36)38-6-2)41(22-16-10-7-11-17-22,23-18-12-8-13-19-23)24-20-14-9-15-21-24/h7-21,25,27H,5-6H2,1-4H3/p+1. The van der Waals surface area contributed by atoms with Crippen molar-refractivity contribution in [1.82, 2.24) is 0 Å². The minimum Gasteiger partial charge on any atom is -0.480 e. The maximum Gasteiger partial charge on any atom is 0.349 e. The molecule has 1 aliphatic rings. The van der Waals surface area contributed by atoms with Crippen molar-refractivity contribution in [2.45, 2.75) is 39.1 Å². The van der Waals surface area contributed by atoms with Gasteiger partial charge in [0.1, 0.15) is 34.7 Å². The molecule has 214 valence electrons. The first kappa shape index (κ1) is 29.8. The molecule has 8 nitrogen and oxygen atoms in total. The van der Waals surface area contributed by atoms with E-state index in [1.54, 1.807) is 13.8 Å². The Bertz CT molecular complexity index is 1310. The molecule has 41 heavy (non-hydrogen) atoms. The highest BCUT2D eigenvalue weighted by atomic mass is 31.2. The maximum absolute atomic E-state index is 14.3. The number of esters is 3. The summed E-state index contributed by atoms with van der Waals surface area (Å²) in [7, 11) is -3.22. The van der Waals surface area contributed by atoms with Crippen LogP contribution in [-0.4, -0.2) is 47.7 Å². The minimum atomic E-state index is -3.22. The highest BCUT2D eigenvalue weighted by Crippen LogP contribution is 2.63. The number of carbonyl (C=O) groups excluding carboxylic acids is 3. The molecule has 0 aliphatic carbocycles. The monoisotopic (exact) mass is 577 g/mol. The lowest BCUT2D eigenvalue weighted by Crippen LogP contribution is -2.52. The van der Waals surface area contributed by atoms with Crippen LogP contribution in [0.5, 0.6) is 0 Å². The molecule has 1 aliphatic heterocycles. The van der Waals surface area contributed by atoms with Crippen molar-refractivity contribution in [3.63, 3.8) is 0 Å². The number of hydrogen-bond acceptors (Lipinski definition) is 8. The first-order chi connectivity index (χ1) is 19.7. The Hall–Kier alpha value is -4.16. The first-order valence-corrected chi connectivity index (χ1v) is 15.3. The third-order valence-electron chi connectivity index (χ3n) is 6.73. The van der Waals surface area contributed by atoms with Crippen molar-refractivity contribution >= 4 is 41.1 Å². The van der Waals surface area contributed by atoms with E-state index in [2.05, 4.69) is 0 Å². The van der Waals surface area contributed by atoms with Crippen LogP contribution in [0, 0.1) is 5.92 Å². The molecule has 0 fully saturated rings. The quantitative estimate of drug-likeness (QED) is 0.217. The Morgan fingerprint density at radius 2 is 1.17 bits per heavy atom. The van der Waals surface area contributed by atoms with Gasteiger partial charge in [-0.2, -0.15) is 0 Å². The average Bonchev–Trinajstić information content (AvgIpc) is 2.95. The van der Waals surface area contributed by atoms with E-state index < -0.39 is 54.1 Å². The van der Waals surface area contributed by atoms with Gasteiger partial charge in [-0.25, -0.2) is 9.59 Å². The molecule has 3 aromatic rings. The molecular weight excluding hydrogens is 543 g/mol. The number of ether oxygens (including phenoxy) is 4. The van der Waals surface area contributed by atoms with Crippen LogP contribution >= 0.6 is 7.26 Å². The molecule has 0 spiro atoms. The van der Waals surface area contributed by atoms with Gasteiger partial charge >= 0.3 is 17.9 Å². The molecule has 1 N–H and O–H groups in total. The Kier molecular flexibility index (Phi) is 9.14. The Morgan fingerprint density at radius 3 is 1.56 bits per heavy atom. The van der Waals surface area contributed by atoms with Crippen LogP contribution in [0.25, 0.3) is 0 Å². The lowest BCUT2D eigenvalue weighted by atomic mass is 9.94. The maximum atomic E-state index is 14.3. The molecule has 0 aromatic heterocycles. The zero-order valence-corrected chi connectivity index (χ0v) is 24.4. The van der Waals surface area contributed by atoms with E-state index in [0.29, 0.717) is 0 Å². The van der Waals surface area contributed by atoms with Gasteiger partial charge in [0.15, 0.2) is 5.66 Å². The van der Waals surface area contributed by atoms with Crippen molar-refractivity contribution in [2.75, 3.05) is 13.2 Å². The van der Waals surface area contributed by atoms with Gasteiger partial charge in [-0.15, -0.1) is 0 Å². The molecule has 1 heterocycles. The predicted octanol–water partition coefficient (Wildman–Crippen LogP) is 4.17. The van der Waals surface area contributed by atoms with Crippen LogP contribution in [0.3, 0.4) is 0 Å². The molecule has 3 aromatic carbocycles. The summed E-state index contributed by atoms with van der Waals surface area (Å²) in [5.41, 5.74) is -1.84. The molecular formula is C32H34O8P+. The van der Waals surface area contributed by atoms with Gasteiger partial charge in [0.25, 0.3) is 11.7 Å². The number of hydrogen-bond donors (Lipinski definition) is 1. The third-order valence-corrected chi connectivity index (χ3v) is 11.4. The highest BCUT2D eigenvalue weighted by Gasteiger charge is 2.64. The van der Waals surface area contributed by atoms with Gasteiger partial charge < -0.3 is 24.1 Å². The van der Waals surface area contributed by atoms with Gasteiger partial charge in [-0.05, 0) is 50.2 Å². The fourth-order valence-corrected chi connectivity index (χ4v) is 10.1. The lowest BCUT2D eigenvalue weighted by Gasteiger charge is -2.38. The fourth-order valence-electron chi connectivity index (χ4n) is 5.23. The fraction of sp³-hybridized carbons (Fsp3) is 0.281. The van der Waals surface area contributed by atoms with E-state index in [0.717, 1.165) is 15.9 Å². The number of carbonyl (C=O) groups is 3. The summed E-state index contributed by atoms with van der Waals surface area (Å²) in [5.74, 6) is -6.53. The van der Waals surface area contributed by atoms with Gasteiger partial charge in [0.05, 0.1) is 13.2 Å². The van der Waals surface area contributed by atoms with Crippen molar-refractivity contribution in [1.29, 1.82) is 0 Å². The van der Waals surface area contributed by atoms with Crippen molar-refractivity contribution in [2.24, 2.45) is 5.92 Å². The molecule has 0 bridgehead atoms. The number of benzene rings is 3. The zero-order chi connectivity index (χ0) is 29.6. The molecule has 0 amide bonds. The number of aliphatic hydroxyl groups is 1. The summed E-state index contributed by atoms with van der Waals surface area (Å²) in [6.45, 7) is 6.18. The highest BCUT2D eigenvalue weighted by molar-refractivity contribution is 7.97. The zero-order valence-electron chi connectivity index (χ0n) is 23.5. The van der Waals surface area contributed by atoms with Crippen molar-refractivity contribution < 1.29 is 38.4 Å². The summed E-state index contributed by atoms with van der Waals surface area (Å²) in [5, 5.41) is 13.4. The van der Waals surface area contributed by atoms with E-state index in [1.165, 1.54) is 13.8 Å². The van der Waals surface area contributed by atoms with Crippen molar-refractivity contribution in [3.05, 3.63) is 103 Å². The van der Waals surface area contributed by atoms with Crippen LogP contribution in [-0.2, 0) is 33.3 Å². The summed E-state index contributed by atoms with van der Waals surface area (Å²) < 4.78 is 22.1. The second-order valence-corrected chi connectivity index (χ2v) is 13.3. The summed E-state index contributed by atoms with van der Waals surface area (Å²) in [6, 6.07) is 28.1. The molecule has 2 unspecified atom stereocenters. The summed E-state index contributed by atoms with van der Waals surface area (Å²) in [6.07, 6.45) is 0. The Morgan fingerprint density at radius 1 is 0.756 bits per heavy atom. The molecule has 4 rings (SSSR count). The molecule has 0 saturated heterocycles. The minimum absolute atomic E-state index is 0.0161. The molecule has 2 atom stereocenters. The van der Waals surface area contributed by atoms with E-state index in [1.807, 2.05) is 91.0 Å². The van der Waals surface area contributed by atoms with Gasteiger partial charge in [0, 0.05) is 13.8 Å². The van der Waals surface area contributed by atoms with E-state index in [9.17, 15) is 19.5 Å². The Labute approximate surface area is 240 Å². The normalized spacial score (nSPS) is 16.1. The predicted molar refractivity (Wildman–Crippen MR) is 157 cm³/mol. The second-order valence-electron chi connectivity index (χ2n) is 9.77. The SMILES string of the molecule is CCOC(=O)C(C1=C(O)OC(C)(C)OC1=O)C(C(=O)OCC)[P+](c1ccccc1)(c1ccccc1)c1ccccc1. The van der Waals surface area contributed by atoms with Gasteiger partial charge in [-0.3, -0.25) is 4.79 Å². The van der Waals surface area contributed by atoms with Crippen LogP contribution in [0.2, 0.25) is 0 Å². The van der Waals surface area contributed by atoms with Crippen molar-refractivity contribution in [3.8, 4) is 0 Å². The molecule has 0 radical (unpaired) electrons. The smallest absolute Gasteiger partial charge is 0.349 e. The second kappa shape index (κ2) is 12.6. The molecule has 0 saturated carbocycles. The van der Waals surface area contributed by atoms with Crippen LogP contribution in [0.15, 0.2) is 103 Å². The van der Waals surface area contributed by atoms with E-state index >= 15 is 0 Å². The number of cyclic esters (lactones) is 1. The topological polar surface area (TPSA) is 108 Å². The lowest BCUT2D eigenvalue weighted by molar-refractivity contribution is -0.223. The first-order valence-electron chi connectivity index (χ1n) is 13.4. The van der Waals surface area contributed by atoms with Crippen LogP contribution in [0.4, 0.5) is 0 Å². The average molecular weight is 578 g/mol. The number of rotatable bonds is 10. The third kappa shape index (κ3) is 5.84. The number of aliphatic hydroxyl groups excluding tert-OH is 1. The summed E-state index contributed by atoms with van der Waals surface area (Å²) in [4.78, 5) is 41.8.